The van der Waals surface area contributed by atoms with Crippen LogP contribution in [-0.2, 0) is 0 Å². The van der Waals surface area contributed by atoms with Gasteiger partial charge in [0.2, 0.25) is 5.30 Å². The molecule has 0 radical (unpaired) electrons. The van der Waals surface area contributed by atoms with Crippen LogP contribution >= 0.6 is 7.72 Å². The van der Waals surface area contributed by atoms with Crippen LogP contribution in [0.25, 0.3) is 11.1 Å². The zero-order valence-corrected chi connectivity index (χ0v) is 12.9. The van der Waals surface area contributed by atoms with Gasteiger partial charge in [0.25, 0.3) is 0 Å². The summed E-state index contributed by atoms with van der Waals surface area (Å²) in [6, 6.07) is 19.0. The normalized spacial score (nSPS) is 18.7. The van der Waals surface area contributed by atoms with Crippen LogP contribution in [0.5, 0.6) is 17.2 Å². The first-order valence-corrected chi connectivity index (χ1v) is 8.78. The van der Waals surface area contributed by atoms with E-state index in [1.807, 2.05) is 36.4 Å². The molecule has 114 valence electrons. The molecule has 3 aromatic rings. The van der Waals surface area contributed by atoms with Gasteiger partial charge in [-0.25, -0.2) is 4.89 Å². The van der Waals surface area contributed by atoms with Gasteiger partial charge in [0.15, 0.2) is 16.8 Å². The van der Waals surface area contributed by atoms with E-state index in [9.17, 15) is 15.1 Å². The molecule has 3 aromatic carbocycles. The number of phenols is 2. The van der Waals surface area contributed by atoms with Crippen molar-refractivity contribution < 1.29 is 19.6 Å². The Morgan fingerprint density at radius 2 is 1.43 bits per heavy atom. The third kappa shape index (κ3) is 2.07. The summed E-state index contributed by atoms with van der Waals surface area (Å²) in [4.78, 5) is 11.4. The average molecular weight is 325 g/mol. The van der Waals surface area contributed by atoms with E-state index in [1.165, 1.54) is 18.2 Å². The highest BCUT2D eigenvalue weighted by atomic mass is 31.2. The smallest absolute Gasteiger partial charge is 0.387 e. The summed E-state index contributed by atoms with van der Waals surface area (Å²) in [6.45, 7) is 0. The lowest BCUT2D eigenvalue weighted by molar-refractivity contribution is 0.454. The Hall–Kier alpha value is -2.55. The summed E-state index contributed by atoms with van der Waals surface area (Å²) in [5, 5.41) is 20.8. The van der Waals surface area contributed by atoms with Crippen molar-refractivity contribution in [2.45, 2.75) is 0 Å². The zero-order chi connectivity index (χ0) is 16.0. The highest BCUT2D eigenvalue weighted by molar-refractivity contribution is 7.81. The van der Waals surface area contributed by atoms with Gasteiger partial charge >= 0.3 is 7.72 Å². The molecule has 23 heavy (non-hydrogen) atoms. The van der Waals surface area contributed by atoms with Crippen molar-refractivity contribution in [3.63, 3.8) is 0 Å². The highest BCUT2D eigenvalue weighted by Crippen LogP contribution is 2.61. The molecule has 5 heteroatoms. The molecule has 1 unspecified atom stereocenters. The lowest BCUT2D eigenvalue weighted by atomic mass is 10.0. The molecule has 0 spiro atoms. The van der Waals surface area contributed by atoms with Gasteiger partial charge < -0.3 is 14.7 Å². The molecule has 0 aliphatic carbocycles. The van der Waals surface area contributed by atoms with Crippen LogP contribution in [0.1, 0.15) is 0 Å². The lowest BCUT2D eigenvalue weighted by Gasteiger charge is -2.27. The van der Waals surface area contributed by atoms with E-state index in [0.717, 1.165) is 11.1 Å². The Balaban J connectivity index is 2.02. The fraction of sp³-hybridized carbons (Fsp3) is 0. The molecular formula is C18H14O4P+. The second-order valence-electron chi connectivity index (χ2n) is 5.35. The molecule has 0 saturated heterocycles. The molecule has 3 N–H and O–H groups in total. The van der Waals surface area contributed by atoms with Crippen molar-refractivity contribution >= 4 is 18.3 Å². The minimum Gasteiger partial charge on any atom is -0.508 e. The van der Waals surface area contributed by atoms with Gasteiger partial charge in [0.05, 0.1) is 0 Å². The maximum Gasteiger partial charge on any atom is 0.387 e. The number of aromatic hydroxyl groups is 2. The third-order valence-corrected chi connectivity index (χ3v) is 6.44. The van der Waals surface area contributed by atoms with Crippen molar-refractivity contribution in [1.29, 1.82) is 0 Å². The van der Waals surface area contributed by atoms with Crippen LogP contribution in [0.15, 0.2) is 66.7 Å². The van der Waals surface area contributed by atoms with Crippen LogP contribution in [0.3, 0.4) is 0 Å². The van der Waals surface area contributed by atoms with Crippen LogP contribution in [0.2, 0.25) is 0 Å². The molecule has 0 bridgehead atoms. The zero-order valence-electron chi connectivity index (χ0n) is 12.0. The largest absolute Gasteiger partial charge is 0.508 e. The van der Waals surface area contributed by atoms with Gasteiger partial charge in [0.1, 0.15) is 5.75 Å². The lowest BCUT2D eigenvalue weighted by Crippen LogP contribution is -2.30. The van der Waals surface area contributed by atoms with E-state index in [0.29, 0.717) is 11.1 Å². The fourth-order valence-corrected chi connectivity index (χ4v) is 5.26. The minimum atomic E-state index is -3.31. The summed E-state index contributed by atoms with van der Waals surface area (Å²) < 4.78 is 5.96. The van der Waals surface area contributed by atoms with Crippen molar-refractivity contribution in [1.82, 2.24) is 0 Å². The molecule has 1 aliphatic rings. The Bertz CT molecular complexity index is 909. The molecule has 0 amide bonds. The number of para-hydroxylation sites is 1. The van der Waals surface area contributed by atoms with E-state index >= 15 is 0 Å². The number of phenolic OH excluding ortho intramolecular Hbond substituents is 2. The van der Waals surface area contributed by atoms with Crippen molar-refractivity contribution in [3.05, 3.63) is 66.7 Å². The second-order valence-corrected chi connectivity index (χ2v) is 7.65. The number of fused-ring (bicyclic) bond motifs is 3. The SMILES string of the molecule is Oc1ccc(O)c([P+]2(O)Oc3ccccc3-c3ccccc32)c1. The highest BCUT2D eigenvalue weighted by Gasteiger charge is 2.53. The summed E-state index contributed by atoms with van der Waals surface area (Å²) in [6.07, 6.45) is 0. The van der Waals surface area contributed by atoms with Gasteiger partial charge in [-0.05, 0) is 24.3 Å². The first-order chi connectivity index (χ1) is 11.1. The number of hydrogen-bond donors (Lipinski definition) is 3. The maximum atomic E-state index is 11.4. The molecule has 0 aromatic heterocycles. The molecule has 1 atom stereocenters. The Morgan fingerprint density at radius 1 is 0.739 bits per heavy atom. The Kier molecular flexibility index (Phi) is 3.05. The van der Waals surface area contributed by atoms with Crippen molar-refractivity contribution in [2.24, 2.45) is 0 Å². The topological polar surface area (TPSA) is 69.9 Å². The molecule has 1 aliphatic heterocycles. The molecule has 0 fully saturated rings. The fourth-order valence-electron chi connectivity index (χ4n) is 2.86. The second kappa shape index (κ2) is 4.98. The molecule has 1 heterocycles. The van der Waals surface area contributed by atoms with Crippen molar-refractivity contribution in [2.75, 3.05) is 0 Å². The van der Waals surface area contributed by atoms with Gasteiger partial charge in [-0.1, -0.05) is 36.4 Å². The maximum absolute atomic E-state index is 11.4. The predicted octanol–water partition coefficient (Wildman–Crippen LogP) is 2.95. The molecular weight excluding hydrogens is 311 g/mol. The van der Waals surface area contributed by atoms with Gasteiger partial charge in [-0.2, -0.15) is 0 Å². The minimum absolute atomic E-state index is 0.0360. The summed E-state index contributed by atoms with van der Waals surface area (Å²) in [5.74, 6) is 0.420. The molecule has 0 saturated carbocycles. The first-order valence-electron chi connectivity index (χ1n) is 7.12. The van der Waals surface area contributed by atoms with E-state index in [1.54, 1.807) is 12.1 Å². The van der Waals surface area contributed by atoms with Crippen molar-refractivity contribution in [3.8, 4) is 28.4 Å². The van der Waals surface area contributed by atoms with Crippen LogP contribution in [-0.4, -0.2) is 15.1 Å². The number of rotatable bonds is 1. The van der Waals surface area contributed by atoms with E-state index in [4.69, 9.17) is 4.52 Å². The van der Waals surface area contributed by atoms with Crippen LogP contribution < -0.4 is 15.1 Å². The van der Waals surface area contributed by atoms with Crippen LogP contribution in [0, 0.1) is 0 Å². The number of benzene rings is 3. The number of hydrogen-bond acceptors (Lipinski definition) is 4. The summed E-state index contributed by atoms with van der Waals surface area (Å²) in [7, 11) is -3.31. The van der Waals surface area contributed by atoms with Gasteiger partial charge in [-0.3, -0.25) is 0 Å². The average Bonchev–Trinajstić information content (AvgIpc) is 2.57. The summed E-state index contributed by atoms with van der Waals surface area (Å²) in [5.41, 5.74) is 1.76. The first kappa shape index (κ1) is 14.1. The Morgan fingerprint density at radius 3 is 2.26 bits per heavy atom. The predicted molar refractivity (Wildman–Crippen MR) is 90.7 cm³/mol. The van der Waals surface area contributed by atoms with Gasteiger partial charge in [0, 0.05) is 17.2 Å². The van der Waals surface area contributed by atoms with Gasteiger partial charge in [-0.15, -0.1) is 0 Å². The summed E-state index contributed by atoms with van der Waals surface area (Å²) >= 11 is 0. The van der Waals surface area contributed by atoms with E-state index in [-0.39, 0.29) is 16.8 Å². The monoisotopic (exact) mass is 325 g/mol. The molecule has 4 rings (SSSR count). The standard InChI is InChI=1S/C18H13O4P/c19-12-9-10-15(20)18(11-12)23(21)17-8-4-2-6-14(17)13-5-1-3-7-16(13)22-23/h1-11,21H,(H-,19,20)/p+1. The quantitative estimate of drug-likeness (QED) is 0.475. The van der Waals surface area contributed by atoms with E-state index in [2.05, 4.69) is 0 Å². The van der Waals surface area contributed by atoms with Crippen LogP contribution in [0.4, 0.5) is 0 Å². The van der Waals surface area contributed by atoms with E-state index < -0.39 is 7.72 Å². The molecule has 4 nitrogen and oxygen atoms in total. The third-order valence-electron chi connectivity index (χ3n) is 3.92. The Labute approximate surface area is 133 Å².